The van der Waals surface area contributed by atoms with E-state index in [0.29, 0.717) is 5.92 Å². The molecule has 2 fully saturated rings. The number of hydrogen-bond donors (Lipinski definition) is 0. The average Bonchev–Trinajstić information content (AvgIpc) is 2.40. The van der Waals surface area contributed by atoms with Gasteiger partial charge in [0.1, 0.15) is 6.04 Å². The molecule has 0 aromatic carbocycles. The summed E-state index contributed by atoms with van der Waals surface area (Å²) in [5.41, 5.74) is 0. The molecule has 1 saturated carbocycles. The molecule has 2 heteroatoms. The van der Waals surface area contributed by atoms with Gasteiger partial charge in [-0.1, -0.05) is 12.8 Å². The number of nitrogens with zero attached hydrogens (tertiary/aromatic N) is 2. The van der Waals surface area contributed by atoms with E-state index in [1.54, 1.807) is 0 Å². The fraction of sp³-hybridized carbons (Fsp3) is 0.900. The molecule has 0 aromatic heterocycles. The molecular weight excluding hydrogens is 148 g/mol. The maximum absolute atomic E-state index is 8.98. The summed E-state index contributed by atoms with van der Waals surface area (Å²) in [6.45, 7) is 1.16. The van der Waals surface area contributed by atoms with Crippen molar-refractivity contribution >= 4 is 0 Å². The predicted octanol–water partition coefficient (Wildman–Crippen LogP) is 1.63. The summed E-state index contributed by atoms with van der Waals surface area (Å²) in [6.07, 6.45) is 5.36. The topological polar surface area (TPSA) is 27.0 Å². The summed E-state index contributed by atoms with van der Waals surface area (Å²) >= 11 is 0. The molecule has 2 rings (SSSR count). The van der Waals surface area contributed by atoms with Gasteiger partial charge in [-0.15, -0.1) is 0 Å². The van der Waals surface area contributed by atoms with Gasteiger partial charge in [-0.3, -0.25) is 4.90 Å². The second-order valence-corrected chi connectivity index (χ2v) is 4.22. The van der Waals surface area contributed by atoms with Crippen LogP contribution in [-0.2, 0) is 0 Å². The van der Waals surface area contributed by atoms with Gasteiger partial charge in [0.25, 0.3) is 0 Å². The second kappa shape index (κ2) is 3.06. The van der Waals surface area contributed by atoms with Crippen LogP contribution in [0.15, 0.2) is 0 Å². The molecule has 1 saturated heterocycles. The molecule has 1 heterocycles. The highest BCUT2D eigenvalue weighted by molar-refractivity contribution is 5.04. The van der Waals surface area contributed by atoms with Crippen LogP contribution in [-0.4, -0.2) is 24.5 Å². The minimum atomic E-state index is 0.218. The zero-order valence-electron chi connectivity index (χ0n) is 7.66. The van der Waals surface area contributed by atoms with Gasteiger partial charge in [0.05, 0.1) is 6.07 Å². The van der Waals surface area contributed by atoms with Crippen molar-refractivity contribution in [1.82, 2.24) is 4.90 Å². The normalized spacial score (nSPS) is 42.2. The number of rotatable bonds is 0. The monoisotopic (exact) mass is 164 g/mol. The van der Waals surface area contributed by atoms with Crippen molar-refractivity contribution in [3.63, 3.8) is 0 Å². The van der Waals surface area contributed by atoms with Gasteiger partial charge in [0.15, 0.2) is 0 Å². The van der Waals surface area contributed by atoms with E-state index in [1.807, 2.05) is 0 Å². The van der Waals surface area contributed by atoms with Crippen molar-refractivity contribution in [2.24, 2.45) is 11.8 Å². The van der Waals surface area contributed by atoms with E-state index in [9.17, 15) is 0 Å². The highest BCUT2D eigenvalue weighted by Gasteiger charge is 2.40. The Kier molecular flexibility index (Phi) is 2.06. The van der Waals surface area contributed by atoms with Crippen LogP contribution in [0.2, 0.25) is 0 Å². The van der Waals surface area contributed by atoms with Crippen LogP contribution < -0.4 is 0 Å². The average molecular weight is 164 g/mol. The van der Waals surface area contributed by atoms with Crippen LogP contribution in [0.4, 0.5) is 0 Å². The zero-order valence-corrected chi connectivity index (χ0v) is 7.66. The van der Waals surface area contributed by atoms with Crippen LogP contribution in [0, 0.1) is 23.2 Å². The Balaban J connectivity index is 2.11. The predicted molar refractivity (Wildman–Crippen MR) is 47.5 cm³/mol. The van der Waals surface area contributed by atoms with E-state index in [2.05, 4.69) is 18.0 Å². The van der Waals surface area contributed by atoms with E-state index in [4.69, 9.17) is 5.26 Å². The molecule has 2 aliphatic rings. The zero-order chi connectivity index (χ0) is 8.55. The second-order valence-electron chi connectivity index (χ2n) is 4.22. The maximum atomic E-state index is 8.98. The smallest absolute Gasteiger partial charge is 0.101 e. The fourth-order valence-electron chi connectivity index (χ4n) is 2.88. The van der Waals surface area contributed by atoms with Crippen molar-refractivity contribution in [2.45, 2.75) is 31.7 Å². The van der Waals surface area contributed by atoms with E-state index < -0.39 is 0 Å². The number of fused-ring (bicyclic) bond motifs is 1. The Bertz CT molecular complexity index is 206. The first-order chi connectivity index (χ1) is 5.83. The lowest BCUT2D eigenvalue weighted by atomic mass is 9.79. The Morgan fingerprint density at radius 3 is 2.83 bits per heavy atom. The van der Waals surface area contributed by atoms with Gasteiger partial charge >= 0.3 is 0 Å². The molecule has 1 aliphatic heterocycles. The lowest BCUT2D eigenvalue weighted by Gasteiger charge is -2.25. The molecule has 0 radical (unpaired) electrons. The lowest BCUT2D eigenvalue weighted by Crippen LogP contribution is -2.28. The first kappa shape index (κ1) is 8.07. The summed E-state index contributed by atoms with van der Waals surface area (Å²) in [5.74, 6) is 1.52. The summed E-state index contributed by atoms with van der Waals surface area (Å²) in [6, 6.07) is 2.66. The minimum Gasteiger partial charge on any atom is -0.291 e. The SMILES string of the molecule is CN1C[C@@H]2CCCC[C@@H]2C1C#N. The van der Waals surface area contributed by atoms with Gasteiger partial charge in [-0.25, -0.2) is 0 Å². The molecule has 2 nitrogen and oxygen atoms in total. The summed E-state index contributed by atoms with van der Waals surface area (Å²) < 4.78 is 0. The van der Waals surface area contributed by atoms with E-state index in [-0.39, 0.29) is 6.04 Å². The molecule has 1 unspecified atom stereocenters. The van der Waals surface area contributed by atoms with E-state index in [1.165, 1.54) is 25.7 Å². The standard InChI is InChI=1S/C10H16N2/c1-12-7-8-4-2-3-5-9(8)10(12)6-11/h8-10H,2-5,7H2,1H3/t8-,9-,10?/m0/s1. The largest absolute Gasteiger partial charge is 0.291 e. The number of nitriles is 1. The molecule has 3 atom stereocenters. The van der Waals surface area contributed by atoms with Crippen molar-refractivity contribution in [3.8, 4) is 6.07 Å². The first-order valence-electron chi connectivity index (χ1n) is 4.93. The highest BCUT2D eigenvalue weighted by Crippen LogP contribution is 2.39. The molecule has 12 heavy (non-hydrogen) atoms. The van der Waals surface area contributed by atoms with Crippen LogP contribution in [0.3, 0.4) is 0 Å². The molecule has 0 N–H and O–H groups in total. The molecule has 0 spiro atoms. The van der Waals surface area contributed by atoms with Crippen LogP contribution >= 0.6 is 0 Å². The van der Waals surface area contributed by atoms with Gasteiger partial charge < -0.3 is 0 Å². The van der Waals surface area contributed by atoms with Crippen LogP contribution in [0.5, 0.6) is 0 Å². The Hall–Kier alpha value is -0.550. The third kappa shape index (κ3) is 1.13. The van der Waals surface area contributed by atoms with Crippen molar-refractivity contribution < 1.29 is 0 Å². The molecule has 1 aliphatic carbocycles. The van der Waals surface area contributed by atoms with Crippen LogP contribution in [0.1, 0.15) is 25.7 Å². The molecule has 66 valence electrons. The third-order valence-electron chi connectivity index (χ3n) is 3.50. The van der Waals surface area contributed by atoms with Crippen molar-refractivity contribution in [1.29, 1.82) is 5.26 Å². The van der Waals surface area contributed by atoms with Crippen LogP contribution in [0.25, 0.3) is 0 Å². The molecule has 0 amide bonds. The number of hydrogen-bond acceptors (Lipinski definition) is 2. The van der Waals surface area contributed by atoms with Crippen molar-refractivity contribution in [2.75, 3.05) is 13.6 Å². The molecular formula is C10H16N2. The van der Waals surface area contributed by atoms with E-state index in [0.717, 1.165) is 12.5 Å². The van der Waals surface area contributed by atoms with Gasteiger partial charge in [0.2, 0.25) is 0 Å². The van der Waals surface area contributed by atoms with Gasteiger partial charge in [-0.2, -0.15) is 5.26 Å². The summed E-state index contributed by atoms with van der Waals surface area (Å²) in [5, 5.41) is 8.98. The highest BCUT2D eigenvalue weighted by atomic mass is 15.2. The Labute approximate surface area is 74.2 Å². The Morgan fingerprint density at radius 1 is 1.33 bits per heavy atom. The minimum absolute atomic E-state index is 0.218. The van der Waals surface area contributed by atoms with E-state index >= 15 is 0 Å². The lowest BCUT2D eigenvalue weighted by molar-refractivity contribution is 0.275. The fourth-order valence-corrected chi connectivity index (χ4v) is 2.88. The van der Waals surface area contributed by atoms with Crippen molar-refractivity contribution in [3.05, 3.63) is 0 Å². The molecule has 0 bridgehead atoms. The number of likely N-dealkylation sites (tertiary alicyclic amines) is 1. The first-order valence-corrected chi connectivity index (χ1v) is 4.93. The quantitative estimate of drug-likeness (QED) is 0.544. The summed E-state index contributed by atoms with van der Waals surface area (Å²) in [4.78, 5) is 2.24. The van der Waals surface area contributed by atoms with Gasteiger partial charge in [0, 0.05) is 6.54 Å². The maximum Gasteiger partial charge on any atom is 0.101 e. The molecule has 0 aromatic rings. The van der Waals surface area contributed by atoms with Gasteiger partial charge in [-0.05, 0) is 31.7 Å². The Morgan fingerprint density at radius 2 is 2.08 bits per heavy atom. The third-order valence-corrected chi connectivity index (χ3v) is 3.50. The summed E-state index contributed by atoms with van der Waals surface area (Å²) in [7, 11) is 2.09.